The van der Waals surface area contributed by atoms with Crippen molar-refractivity contribution >= 4 is 39.7 Å². The van der Waals surface area contributed by atoms with Crippen LogP contribution in [0.3, 0.4) is 0 Å². The summed E-state index contributed by atoms with van der Waals surface area (Å²) < 4.78 is 0. The van der Waals surface area contributed by atoms with Gasteiger partial charge >= 0.3 is 0 Å². The van der Waals surface area contributed by atoms with Crippen molar-refractivity contribution < 1.29 is 5.11 Å². The first-order valence-corrected chi connectivity index (χ1v) is 11.1. The van der Waals surface area contributed by atoms with Crippen LogP contribution in [0.25, 0.3) is 16.5 Å². The molecule has 1 aliphatic rings. The normalized spacial score (nSPS) is 15.8. The average molecular weight is 456 g/mol. The zero-order valence-corrected chi connectivity index (χ0v) is 19.8. The summed E-state index contributed by atoms with van der Waals surface area (Å²) in [5.41, 5.74) is 5.87. The van der Waals surface area contributed by atoms with Gasteiger partial charge < -0.3 is 10.1 Å². The minimum atomic E-state index is -0.305. The van der Waals surface area contributed by atoms with Gasteiger partial charge in [-0.1, -0.05) is 60.0 Å². The molecular formula is C26H27Cl2NO2. The molecule has 0 radical (unpaired) electrons. The summed E-state index contributed by atoms with van der Waals surface area (Å²) >= 11 is 12.1. The SMILES string of the molecule is CC/C(=C\C/C=C(\C)Cl)C1=C(C)CC(c2c(O)c3cc(Cl)ccc3[nH]c2=O)=C(C)C=C1. The zero-order valence-electron chi connectivity index (χ0n) is 18.3. The minimum Gasteiger partial charge on any atom is -0.506 e. The molecule has 0 atom stereocenters. The van der Waals surface area contributed by atoms with E-state index in [1.54, 1.807) is 18.2 Å². The lowest BCUT2D eigenvalue weighted by molar-refractivity contribution is 0.478. The van der Waals surface area contributed by atoms with Crippen LogP contribution in [-0.4, -0.2) is 10.1 Å². The number of hydrogen-bond donors (Lipinski definition) is 2. The van der Waals surface area contributed by atoms with Crippen molar-refractivity contribution in [2.45, 2.75) is 47.0 Å². The molecule has 5 heteroatoms. The molecule has 1 aromatic heterocycles. The molecule has 0 fully saturated rings. The topological polar surface area (TPSA) is 53.1 Å². The van der Waals surface area contributed by atoms with Crippen molar-refractivity contribution in [3.05, 3.63) is 90.8 Å². The predicted octanol–water partition coefficient (Wildman–Crippen LogP) is 7.81. The van der Waals surface area contributed by atoms with Gasteiger partial charge in [0.1, 0.15) is 5.75 Å². The molecule has 1 heterocycles. The Morgan fingerprint density at radius 3 is 2.65 bits per heavy atom. The van der Waals surface area contributed by atoms with Gasteiger partial charge in [-0.05, 0) is 80.5 Å². The van der Waals surface area contributed by atoms with Gasteiger partial charge in [-0.2, -0.15) is 0 Å². The van der Waals surface area contributed by atoms with Crippen LogP contribution in [0, 0.1) is 0 Å². The number of H-pyrrole nitrogens is 1. The first kappa shape index (κ1) is 23.2. The molecule has 0 spiro atoms. The largest absolute Gasteiger partial charge is 0.506 e. The Labute approximate surface area is 193 Å². The maximum Gasteiger partial charge on any atom is 0.259 e. The fraction of sp³-hybridized carbons (Fsp3) is 0.269. The number of aromatic amines is 1. The van der Waals surface area contributed by atoms with Gasteiger partial charge in [0.05, 0.1) is 11.1 Å². The first-order chi connectivity index (χ1) is 14.7. The molecule has 0 amide bonds. The van der Waals surface area contributed by atoms with Crippen molar-refractivity contribution in [2.24, 2.45) is 0 Å². The van der Waals surface area contributed by atoms with E-state index in [-0.39, 0.29) is 11.3 Å². The number of fused-ring (bicyclic) bond motifs is 1. The number of aromatic nitrogens is 1. The fourth-order valence-corrected chi connectivity index (χ4v) is 4.22. The van der Waals surface area contributed by atoms with Gasteiger partial charge in [0, 0.05) is 15.4 Å². The van der Waals surface area contributed by atoms with Crippen LogP contribution in [0.1, 0.15) is 52.5 Å². The summed E-state index contributed by atoms with van der Waals surface area (Å²) in [4.78, 5) is 15.8. The Hall–Kier alpha value is -2.49. The van der Waals surface area contributed by atoms with E-state index in [0.29, 0.717) is 27.9 Å². The van der Waals surface area contributed by atoms with E-state index in [1.165, 1.54) is 5.57 Å². The summed E-state index contributed by atoms with van der Waals surface area (Å²) in [5.74, 6) is -0.0331. The third kappa shape index (κ3) is 5.06. The van der Waals surface area contributed by atoms with E-state index in [1.807, 2.05) is 26.0 Å². The molecular weight excluding hydrogens is 429 g/mol. The number of allylic oxidation sites excluding steroid dienone is 10. The molecule has 0 saturated carbocycles. The van der Waals surface area contributed by atoms with Gasteiger partial charge in [0.25, 0.3) is 5.56 Å². The number of aromatic hydroxyl groups is 1. The average Bonchev–Trinajstić information content (AvgIpc) is 2.85. The lowest BCUT2D eigenvalue weighted by Crippen LogP contribution is -2.13. The monoisotopic (exact) mass is 455 g/mol. The van der Waals surface area contributed by atoms with Crippen molar-refractivity contribution in [3.8, 4) is 5.75 Å². The number of hydrogen-bond acceptors (Lipinski definition) is 2. The Morgan fingerprint density at radius 2 is 1.97 bits per heavy atom. The first-order valence-electron chi connectivity index (χ1n) is 10.4. The maximum absolute atomic E-state index is 12.9. The Bertz CT molecular complexity index is 1240. The van der Waals surface area contributed by atoms with Crippen LogP contribution in [0.5, 0.6) is 5.75 Å². The molecule has 0 unspecified atom stereocenters. The summed E-state index contributed by atoms with van der Waals surface area (Å²) in [5, 5.41) is 12.8. The number of pyridine rings is 1. The van der Waals surface area contributed by atoms with E-state index in [4.69, 9.17) is 23.2 Å². The van der Waals surface area contributed by atoms with E-state index in [9.17, 15) is 9.90 Å². The number of nitrogens with one attached hydrogen (secondary N) is 1. The summed E-state index contributed by atoms with van der Waals surface area (Å²) in [7, 11) is 0. The van der Waals surface area contributed by atoms with Crippen molar-refractivity contribution in [1.29, 1.82) is 0 Å². The second-order valence-electron chi connectivity index (χ2n) is 7.84. The quantitative estimate of drug-likeness (QED) is 0.482. The van der Waals surface area contributed by atoms with Gasteiger partial charge in [0.2, 0.25) is 0 Å². The molecule has 1 aromatic carbocycles. The third-order valence-electron chi connectivity index (χ3n) is 5.62. The molecule has 31 heavy (non-hydrogen) atoms. The van der Waals surface area contributed by atoms with Crippen LogP contribution < -0.4 is 5.56 Å². The molecule has 3 nitrogen and oxygen atoms in total. The van der Waals surface area contributed by atoms with Gasteiger partial charge in [-0.25, -0.2) is 0 Å². The highest BCUT2D eigenvalue weighted by Gasteiger charge is 2.20. The van der Waals surface area contributed by atoms with E-state index < -0.39 is 0 Å². The highest BCUT2D eigenvalue weighted by Crippen LogP contribution is 2.38. The van der Waals surface area contributed by atoms with Crippen LogP contribution in [-0.2, 0) is 0 Å². The van der Waals surface area contributed by atoms with E-state index >= 15 is 0 Å². The molecule has 2 N–H and O–H groups in total. The van der Waals surface area contributed by atoms with Crippen LogP contribution in [0.2, 0.25) is 5.02 Å². The summed E-state index contributed by atoms with van der Waals surface area (Å²) in [6.45, 7) is 8.05. The molecule has 3 rings (SSSR count). The Kier molecular flexibility index (Phi) is 7.30. The molecule has 2 aromatic rings. The number of benzene rings is 1. The standard InChI is InChI=1S/C26H27Cl2NO2/c1-5-18(8-6-7-17(4)27)20-11-9-15(2)21(13-16(20)3)24-25(30)22-14-19(28)10-12-23(22)29-26(24)31/h7-12,14H,5-6,13H2,1-4H3,(H2,29,30,31)/b17-7+,18-8+. The zero-order chi connectivity index (χ0) is 22.7. The second kappa shape index (κ2) is 9.76. The highest BCUT2D eigenvalue weighted by molar-refractivity contribution is 6.31. The second-order valence-corrected chi connectivity index (χ2v) is 8.88. The van der Waals surface area contributed by atoms with Crippen LogP contribution in [0.15, 0.2) is 74.6 Å². The van der Waals surface area contributed by atoms with E-state index in [2.05, 4.69) is 31.0 Å². The van der Waals surface area contributed by atoms with Gasteiger partial charge in [-0.3, -0.25) is 4.79 Å². The van der Waals surface area contributed by atoms with Gasteiger partial charge in [0.15, 0.2) is 0 Å². The molecule has 162 valence electrons. The predicted molar refractivity (Wildman–Crippen MR) is 133 cm³/mol. The molecule has 0 bridgehead atoms. The maximum atomic E-state index is 12.9. The molecule has 0 saturated heterocycles. The van der Waals surface area contributed by atoms with Gasteiger partial charge in [-0.15, -0.1) is 0 Å². The number of halogens is 2. The smallest absolute Gasteiger partial charge is 0.259 e. The summed E-state index contributed by atoms with van der Waals surface area (Å²) in [6.07, 6.45) is 10.5. The Morgan fingerprint density at radius 1 is 1.23 bits per heavy atom. The lowest BCUT2D eigenvalue weighted by atomic mass is 9.91. The van der Waals surface area contributed by atoms with Crippen LogP contribution in [0.4, 0.5) is 0 Å². The Balaban J connectivity index is 2.10. The molecule has 0 aliphatic heterocycles. The van der Waals surface area contributed by atoms with Crippen molar-refractivity contribution in [1.82, 2.24) is 4.98 Å². The third-order valence-corrected chi connectivity index (χ3v) is 6.01. The number of rotatable bonds is 5. The highest BCUT2D eigenvalue weighted by atomic mass is 35.5. The fourth-order valence-electron chi connectivity index (χ4n) is 3.95. The van der Waals surface area contributed by atoms with Crippen molar-refractivity contribution in [2.75, 3.05) is 0 Å². The van der Waals surface area contributed by atoms with Crippen molar-refractivity contribution in [3.63, 3.8) is 0 Å². The lowest BCUT2D eigenvalue weighted by Gasteiger charge is -2.15. The van der Waals surface area contributed by atoms with E-state index in [0.717, 1.165) is 40.2 Å². The summed E-state index contributed by atoms with van der Waals surface area (Å²) in [6, 6.07) is 5.07. The molecule has 1 aliphatic carbocycles. The van der Waals surface area contributed by atoms with Crippen LogP contribution >= 0.6 is 23.2 Å². The minimum absolute atomic E-state index is 0.0331.